The summed E-state index contributed by atoms with van der Waals surface area (Å²) in [6.07, 6.45) is 6.45. The minimum atomic E-state index is -3.38. The van der Waals surface area contributed by atoms with Gasteiger partial charge < -0.3 is 28.7 Å². The Morgan fingerprint density at radius 3 is 1.89 bits per heavy atom. The molecular weight excluding hydrogens is 646 g/mol. The summed E-state index contributed by atoms with van der Waals surface area (Å²) < 4.78 is 21.6. The fraction of sp³-hybridized carbons (Fsp3) is 0.361. The number of hydrogen-bond donors (Lipinski definition) is 3. The second kappa shape index (κ2) is 26.7. The highest BCUT2D eigenvalue weighted by Crippen LogP contribution is 2.48. The third kappa shape index (κ3) is 21.1. The largest absolute Gasteiger partial charge is 0.382 e. The number of hydrogen-bond acceptors (Lipinski definition) is 6. The van der Waals surface area contributed by atoms with Gasteiger partial charge in [-0.05, 0) is 104 Å². The van der Waals surface area contributed by atoms with Crippen molar-refractivity contribution in [2.45, 2.75) is 50.8 Å². The van der Waals surface area contributed by atoms with E-state index in [0.29, 0.717) is 18.1 Å². The molecule has 0 aromatic carbocycles. The average Bonchev–Trinajstić information content (AvgIpc) is 3.33. The second-order valence-electron chi connectivity index (χ2n) is 8.69. The molecule has 1 saturated heterocycles. The van der Waals surface area contributed by atoms with E-state index in [4.69, 9.17) is 50.4 Å². The van der Waals surface area contributed by atoms with E-state index in [1.807, 2.05) is 6.08 Å². The first-order valence-electron chi connectivity index (χ1n) is 13.9. The lowest BCUT2D eigenvalue weighted by atomic mass is 9.82. The average molecular weight is 677 g/mol. The van der Waals surface area contributed by atoms with Gasteiger partial charge in [0.25, 0.3) is 0 Å². The van der Waals surface area contributed by atoms with Crippen molar-refractivity contribution in [1.82, 2.24) is 10.6 Å². The molecule has 0 aromatic heterocycles. The Bertz CT molecular complexity index is 1810. The number of rotatable bonds is 12. The zero-order valence-electron chi connectivity index (χ0n) is 26.1. The molecule has 1 aliphatic heterocycles. The summed E-state index contributed by atoms with van der Waals surface area (Å²) in [4.78, 5) is 10.1. The van der Waals surface area contributed by atoms with Crippen LogP contribution >= 0.6 is 18.9 Å². The molecule has 234 valence electrons. The topological polar surface area (TPSA) is 81.2 Å². The third-order valence-electron chi connectivity index (χ3n) is 5.44. The maximum atomic E-state index is 10.1. The lowest BCUT2D eigenvalue weighted by Gasteiger charge is -2.26. The van der Waals surface area contributed by atoms with Gasteiger partial charge in [0.05, 0.1) is 6.61 Å². The van der Waals surface area contributed by atoms with Crippen molar-refractivity contribution in [3.63, 3.8) is 0 Å². The summed E-state index contributed by atoms with van der Waals surface area (Å²) in [5, 5.41) is 6.25. The molecule has 1 fully saturated rings. The van der Waals surface area contributed by atoms with Crippen molar-refractivity contribution in [1.29, 1.82) is 0 Å². The van der Waals surface area contributed by atoms with Crippen LogP contribution in [0.5, 0.6) is 0 Å². The molecule has 0 aromatic rings. The maximum absolute atomic E-state index is 10.1. The van der Waals surface area contributed by atoms with Crippen LogP contribution in [0, 0.1) is 124 Å². The molecule has 0 bridgehead atoms. The molecule has 3 N–H and O–H groups in total. The van der Waals surface area contributed by atoms with Crippen LogP contribution in [0.1, 0.15) is 32.6 Å². The highest BCUT2D eigenvalue weighted by molar-refractivity contribution is 8.07. The van der Waals surface area contributed by atoms with Gasteiger partial charge >= 0.3 is 6.72 Å². The molecule has 5 atom stereocenters. The van der Waals surface area contributed by atoms with E-state index in [9.17, 15) is 4.89 Å². The predicted octanol–water partition coefficient (Wildman–Crippen LogP) is 1.98. The van der Waals surface area contributed by atoms with Crippen LogP contribution in [0.15, 0.2) is 12.2 Å². The zero-order chi connectivity index (χ0) is 34.4. The molecule has 1 rings (SSSR count). The van der Waals surface area contributed by atoms with Gasteiger partial charge in [0, 0.05) is 97.9 Å². The molecule has 1 aliphatic rings. The normalized spacial score (nSPS) is 17.5. The molecule has 0 saturated carbocycles. The van der Waals surface area contributed by atoms with Crippen LogP contribution in [-0.4, -0.2) is 63.4 Å². The fourth-order valence-corrected chi connectivity index (χ4v) is 4.58. The lowest BCUT2D eigenvalue weighted by Crippen LogP contribution is -2.32. The van der Waals surface area contributed by atoms with E-state index < -0.39 is 24.9 Å². The number of nitrogens with one attached hydrogen (secondary N) is 2. The minimum Gasteiger partial charge on any atom is -0.382 e. The number of unbranched alkanes of at least 4 members (excludes halogenated alkanes) is 2. The van der Waals surface area contributed by atoms with E-state index in [2.05, 4.69) is 135 Å². The highest BCUT2D eigenvalue weighted by Gasteiger charge is 2.44. The Balaban J connectivity index is 2.29. The van der Waals surface area contributed by atoms with Crippen molar-refractivity contribution in [2.75, 3.05) is 27.4 Å². The zero-order valence-corrected chi connectivity index (χ0v) is 28.7. The fourth-order valence-electron chi connectivity index (χ4n) is 3.44. The molecule has 11 heteroatoms. The van der Waals surface area contributed by atoms with Crippen LogP contribution in [-0.2, 0) is 30.3 Å². The van der Waals surface area contributed by atoms with Crippen LogP contribution in [0.25, 0.3) is 0 Å². The van der Waals surface area contributed by atoms with Crippen molar-refractivity contribution in [2.24, 2.45) is 5.92 Å². The van der Waals surface area contributed by atoms with Gasteiger partial charge in [0.2, 0.25) is 0 Å². The Morgan fingerprint density at radius 1 is 0.851 bits per heavy atom. The van der Waals surface area contributed by atoms with E-state index in [0.717, 1.165) is 19.3 Å². The number of allylic oxidation sites excluding steroid dienone is 2. The summed E-state index contributed by atoms with van der Waals surface area (Å²) in [7, 11) is 9.04. The van der Waals surface area contributed by atoms with Crippen molar-refractivity contribution in [3.05, 3.63) is 12.2 Å². The van der Waals surface area contributed by atoms with E-state index >= 15 is 0 Å². The van der Waals surface area contributed by atoms with E-state index in [1.165, 1.54) is 7.11 Å². The second-order valence-corrected chi connectivity index (χ2v) is 12.0. The van der Waals surface area contributed by atoms with Crippen molar-refractivity contribution in [3.8, 4) is 119 Å². The summed E-state index contributed by atoms with van der Waals surface area (Å²) >= 11 is 10.2. The first-order chi connectivity index (χ1) is 22.8. The minimum absolute atomic E-state index is 0.199. The lowest BCUT2D eigenvalue weighted by molar-refractivity contribution is -0.0146. The Kier molecular flexibility index (Phi) is 23.1. The van der Waals surface area contributed by atoms with Gasteiger partial charge in [0.15, 0.2) is 5.11 Å². The Hall–Kier alpha value is -4.46. The van der Waals surface area contributed by atoms with Crippen LogP contribution in [0.3, 0.4) is 0 Å². The summed E-state index contributed by atoms with van der Waals surface area (Å²) in [6, 6.07) is 2.07. The molecule has 0 amide bonds. The monoisotopic (exact) mass is 676 g/mol. The van der Waals surface area contributed by atoms with Gasteiger partial charge in [-0.15, -0.1) is 0 Å². The number of ether oxygens (including phenoxy) is 2. The van der Waals surface area contributed by atoms with Gasteiger partial charge in [-0.1, -0.05) is 18.1 Å². The van der Waals surface area contributed by atoms with E-state index in [-0.39, 0.29) is 12.5 Å². The van der Waals surface area contributed by atoms with Gasteiger partial charge in [-0.25, -0.2) is 0 Å². The van der Waals surface area contributed by atoms with Gasteiger partial charge in [-0.3, -0.25) is 5.32 Å². The molecule has 2 unspecified atom stereocenters. The standard InChI is InChI=1S/C36H30BN2O5PS2/c1-4-5-6-7-8-9-10-11-12-13-14-15-16-17-18-19-20-23-26-29-38-36(46)39-30-27-24-21-22-25-28-32-34(44-45(40,47)42-3)33(31-41-2)43-35(32)37/h22,25,32-35H,21,24,27-28,30-31H2,1-3H3,(H,40,47)(H2,38,39,46)/b25-22+/t32-,33+,34?,35+,45?/m0/s1. The predicted molar refractivity (Wildman–Crippen MR) is 193 cm³/mol. The molecule has 0 spiro atoms. The summed E-state index contributed by atoms with van der Waals surface area (Å²) in [6.45, 7) is -0.737. The smallest absolute Gasteiger partial charge is 0.324 e. The SMILES string of the molecule is [B][C@@H]1O[C@H](COC)C(OP(O)(=S)OC)[C@@H]1C/C=C/CCCCNC(=S)NC#CC#CC#CC#CC#CC#CC#CC#CC#CC#CC. The Morgan fingerprint density at radius 2 is 1.38 bits per heavy atom. The van der Waals surface area contributed by atoms with Gasteiger partial charge in [-0.2, -0.15) is 0 Å². The molecule has 2 radical (unpaired) electrons. The first-order valence-corrected chi connectivity index (χ1v) is 16.9. The molecular formula is C36H30BN2O5PS2. The van der Waals surface area contributed by atoms with Crippen molar-refractivity contribution < 1.29 is 23.4 Å². The summed E-state index contributed by atoms with van der Waals surface area (Å²) in [5.41, 5.74) is 0. The first kappa shape index (κ1) is 40.6. The number of thiocarbonyl (C=S) groups is 1. The van der Waals surface area contributed by atoms with E-state index in [1.54, 1.807) is 14.0 Å². The Labute approximate surface area is 291 Å². The maximum Gasteiger partial charge on any atom is 0.324 e. The molecule has 0 aliphatic carbocycles. The van der Waals surface area contributed by atoms with Gasteiger partial charge in [0.1, 0.15) is 20.1 Å². The quantitative estimate of drug-likeness (QED) is 0.0548. The third-order valence-corrected chi connectivity index (χ3v) is 7.37. The van der Waals surface area contributed by atoms with Crippen LogP contribution in [0.2, 0.25) is 0 Å². The molecule has 1 heterocycles. The van der Waals surface area contributed by atoms with Crippen LogP contribution < -0.4 is 10.6 Å². The van der Waals surface area contributed by atoms with Crippen molar-refractivity contribution >= 4 is 43.7 Å². The van der Waals surface area contributed by atoms with Crippen LogP contribution in [0.4, 0.5) is 0 Å². The summed E-state index contributed by atoms with van der Waals surface area (Å²) in [5.74, 6) is 48.1. The highest BCUT2D eigenvalue weighted by atomic mass is 32.5. The molecule has 7 nitrogen and oxygen atoms in total. The molecule has 47 heavy (non-hydrogen) atoms. The number of methoxy groups -OCH3 is 1.